The maximum Gasteiger partial charge on any atom is 0.230 e. The van der Waals surface area contributed by atoms with Crippen molar-refractivity contribution in [1.29, 1.82) is 0 Å². The molecule has 0 saturated carbocycles. The number of hydrogen-bond acceptors (Lipinski definition) is 5. The fourth-order valence-corrected chi connectivity index (χ4v) is 1.65. The largest absolute Gasteiger partial charge is 0.452 e. The van der Waals surface area contributed by atoms with Crippen molar-refractivity contribution in [2.24, 2.45) is 5.10 Å². The van der Waals surface area contributed by atoms with Crippen LogP contribution in [0.4, 0.5) is 0 Å². The number of hydrogen-bond donors (Lipinski definition) is 1. The number of carbonyl (C=O) groups excluding carboxylic acids is 1. The fraction of sp³-hybridized carbons (Fsp3) is 0.200. The molecule has 0 amide bonds. The zero-order valence-corrected chi connectivity index (χ0v) is 11.4. The van der Waals surface area contributed by atoms with E-state index < -0.39 is 11.9 Å². The summed E-state index contributed by atoms with van der Waals surface area (Å²) in [7, 11) is 3.56. The minimum absolute atomic E-state index is 0.113. The second-order valence-corrected chi connectivity index (χ2v) is 4.47. The molecule has 20 heavy (non-hydrogen) atoms. The number of Topliss-reactive ketones (excluding diaryl/α,β-unsaturated/α-hetero) is 1. The van der Waals surface area contributed by atoms with E-state index in [9.17, 15) is 9.90 Å². The summed E-state index contributed by atoms with van der Waals surface area (Å²) in [5.74, 6) is 0.101. The molecule has 5 nitrogen and oxygen atoms in total. The van der Waals surface area contributed by atoms with Gasteiger partial charge in [-0.1, -0.05) is 30.3 Å². The summed E-state index contributed by atoms with van der Waals surface area (Å²) in [6.45, 7) is 0. The van der Waals surface area contributed by atoms with Gasteiger partial charge in [0.15, 0.2) is 5.76 Å². The van der Waals surface area contributed by atoms with E-state index in [4.69, 9.17) is 4.42 Å². The summed E-state index contributed by atoms with van der Waals surface area (Å²) in [5.41, 5.74) is 0.539. The van der Waals surface area contributed by atoms with Crippen molar-refractivity contribution >= 4 is 12.0 Å². The van der Waals surface area contributed by atoms with Crippen LogP contribution in [0.15, 0.2) is 52.0 Å². The summed E-state index contributed by atoms with van der Waals surface area (Å²) in [6, 6.07) is 11.9. The second kappa shape index (κ2) is 6.16. The molecule has 0 aliphatic rings. The summed E-state index contributed by atoms with van der Waals surface area (Å²) in [5, 5.41) is 15.6. The molecule has 5 heteroatoms. The summed E-state index contributed by atoms with van der Waals surface area (Å²) >= 11 is 0. The van der Waals surface area contributed by atoms with Crippen LogP contribution in [0, 0.1) is 0 Å². The molecular weight excluding hydrogens is 256 g/mol. The third-order valence-electron chi connectivity index (χ3n) is 2.65. The molecule has 1 N–H and O–H groups in total. The highest BCUT2D eigenvalue weighted by Crippen LogP contribution is 2.19. The molecule has 2 aromatic rings. The number of nitrogens with zero attached hydrogens (tertiary/aromatic N) is 2. The predicted molar refractivity (Wildman–Crippen MR) is 75.7 cm³/mol. The molecule has 1 aromatic carbocycles. The zero-order chi connectivity index (χ0) is 14.5. The quantitative estimate of drug-likeness (QED) is 0.514. The molecule has 0 radical (unpaired) electrons. The van der Waals surface area contributed by atoms with Crippen molar-refractivity contribution in [2.45, 2.75) is 6.10 Å². The third-order valence-corrected chi connectivity index (χ3v) is 2.65. The Labute approximate surface area is 117 Å². The lowest BCUT2D eigenvalue weighted by Gasteiger charge is -2.07. The minimum Gasteiger partial charge on any atom is -0.452 e. The lowest BCUT2D eigenvalue weighted by Crippen LogP contribution is -2.11. The Kier molecular flexibility index (Phi) is 4.32. The molecule has 1 atom stereocenters. The lowest BCUT2D eigenvalue weighted by atomic mass is 10.0. The first-order valence-electron chi connectivity index (χ1n) is 6.16. The monoisotopic (exact) mass is 272 g/mol. The number of aliphatic hydroxyl groups is 1. The fourth-order valence-electron chi connectivity index (χ4n) is 1.65. The van der Waals surface area contributed by atoms with Gasteiger partial charge in [0.2, 0.25) is 5.78 Å². The van der Waals surface area contributed by atoms with Gasteiger partial charge in [-0.3, -0.25) is 4.79 Å². The third kappa shape index (κ3) is 3.33. The average Bonchev–Trinajstić information content (AvgIpc) is 2.93. The average molecular weight is 272 g/mol. The Bertz CT molecular complexity index is 603. The highest BCUT2D eigenvalue weighted by molar-refractivity contribution is 5.98. The summed E-state index contributed by atoms with van der Waals surface area (Å²) in [4.78, 5) is 12.1. The van der Waals surface area contributed by atoms with Gasteiger partial charge in [-0.25, -0.2) is 0 Å². The second-order valence-electron chi connectivity index (χ2n) is 4.47. The van der Waals surface area contributed by atoms with Gasteiger partial charge >= 0.3 is 0 Å². The van der Waals surface area contributed by atoms with E-state index in [2.05, 4.69) is 5.10 Å². The van der Waals surface area contributed by atoms with Crippen molar-refractivity contribution in [1.82, 2.24) is 5.01 Å². The maximum absolute atomic E-state index is 12.1. The van der Waals surface area contributed by atoms with Crippen LogP contribution in [-0.2, 0) is 0 Å². The first-order valence-corrected chi connectivity index (χ1v) is 6.16. The standard InChI is InChI=1S/C15H16N2O3/c1-17(2)16-10-12-8-9-13(20-12)15(19)14(18)11-6-4-3-5-7-11/h3-10,14,18H,1-2H3/b16-10-/t14-/m0/s1. The van der Waals surface area contributed by atoms with Crippen LogP contribution >= 0.6 is 0 Å². The maximum atomic E-state index is 12.1. The number of carbonyl (C=O) groups is 1. The van der Waals surface area contributed by atoms with Crippen molar-refractivity contribution in [2.75, 3.05) is 14.1 Å². The number of hydrazone groups is 1. The minimum atomic E-state index is -1.22. The van der Waals surface area contributed by atoms with Crippen LogP contribution in [0.2, 0.25) is 0 Å². The van der Waals surface area contributed by atoms with E-state index in [1.165, 1.54) is 12.3 Å². The molecular formula is C15H16N2O3. The molecule has 0 saturated heterocycles. The molecule has 1 heterocycles. The van der Waals surface area contributed by atoms with Gasteiger partial charge in [-0.15, -0.1) is 0 Å². The molecule has 0 aliphatic carbocycles. The van der Waals surface area contributed by atoms with Gasteiger partial charge in [0, 0.05) is 14.1 Å². The SMILES string of the molecule is CN(C)/N=C\c1ccc(C(=O)[C@@H](O)c2ccccc2)o1. The van der Waals surface area contributed by atoms with E-state index in [0.29, 0.717) is 11.3 Å². The van der Waals surface area contributed by atoms with E-state index >= 15 is 0 Å². The smallest absolute Gasteiger partial charge is 0.230 e. The number of aliphatic hydroxyl groups excluding tert-OH is 1. The van der Waals surface area contributed by atoms with E-state index in [-0.39, 0.29) is 5.76 Å². The zero-order valence-electron chi connectivity index (χ0n) is 11.4. The van der Waals surface area contributed by atoms with Crippen LogP contribution in [-0.4, -0.2) is 36.2 Å². The van der Waals surface area contributed by atoms with E-state index in [0.717, 1.165) is 0 Å². The molecule has 0 unspecified atom stereocenters. The molecule has 1 aromatic heterocycles. The first-order chi connectivity index (χ1) is 9.58. The Balaban J connectivity index is 2.14. The number of rotatable bonds is 5. The van der Waals surface area contributed by atoms with E-state index in [1.807, 2.05) is 6.07 Å². The Morgan fingerprint density at radius 2 is 1.95 bits per heavy atom. The van der Waals surface area contributed by atoms with Gasteiger partial charge in [-0.2, -0.15) is 5.10 Å². The summed E-state index contributed by atoms with van der Waals surface area (Å²) in [6.07, 6.45) is 0.284. The van der Waals surface area contributed by atoms with Crippen LogP contribution in [0.5, 0.6) is 0 Å². The van der Waals surface area contributed by atoms with Crippen LogP contribution in [0.25, 0.3) is 0 Å². The number of ketones is 1. The van der Waals surface area contributed by atoms with Gasteiger partial charge in [-0.05, 0) is 17.7 Å². The topological polar surface area (TPSA) is 66.0 Å². The molecule has 104 valence electrons. The Morgan fingerprint density at radius 1 is 1.25 bits per heavy atom. The van der Waals surface area contributed by atoms with Gasteiger partial charge in [0.05, 0.1) is 6.21 Å². The van der Waals surface area contributed by atoms with Crippen LogP contribution in [0.3, 0.4) is 0 Å². The van der Waals surface area contributed by atoms with E-state index in [1.54, 1.807) is 49.4 Å². The lowest BCUT2D eigenvalue weighted by molar-refractivity contribution is 0.0717. The van der Waals surface area contributed by atoms with Crippen molar-refractivity contribution in [3.05, 3.63) is 59.5 Å². The van der Waals surface area contributed by atoms with Crippen molar-refractivity contribution in [3.63, 3.8) is 0 Å². The number of furan rings is 1. The van der Waals surface area contributed by atoms with Crippen molar-refractivity contribution in [3.8, 4) is 0 Å². The van der Waals surface area contributed by atoms with Crippen LogP contribution in [0.1, 0.15) is 28.0 Å². The molecule has 0 bridgehead atoms. The van der Waals surface area contributed by atoms with Gasteiger partial charge in [0.25, 0.3) is 0 Å². The Hall–Kier alpha value is -2.40. The Morgan fingerprint density at radius 3 is 2.60 bits per heavy atom. The van der Waals surface area contributed by atoms with Gasteiger partial charge in [0.1, 0.15) is 11.9 Å². The molecule has 2 rings (SSSR count). The molecule has 0 fully saturated rings. The highest BCUT2D eigenvalue weighted by Gasteiger charge is 2.21. The molecule has 0 spiro atoms. The number of benzene rings is 1. The highest BCUT2D eigenvalue weighted by atomic mass is 16.4. The predicted octanol–water partition coefficient (Wildman–Crippen LogP) is 2.09. The van der Waals surface area contributed by atoms with Gasteiger partial charge < -0.3 is 14.5 Å². The normalized spacial score (nSPS) is 12.6. The van der Waals surface area contributed by atoms with Crippen LogP contribution < -0.4 is 0 Å². The summed E-state index contributed by atoms with van der Waals surface area (Å²) < 4.78 is 5.35. The van der Waals surface area contributed by atoms with Crippen molar-refractivity contribution < 1.29 is 14.3 Å². The first kappa shape index (κ1) is 14.0. The molecule has 0 aliphatic heterocycles.